The normalized spacial score (nSPS) is 18.5. The van der Waals surface area contributed by atoms with Crippen LogP contribution in [0.2, 0.25) is 0 Å². The van der Waals surface area contributed by atoms with E-state index in [0.29, 0.717) is 11.4 Å². The number of amides is 1. The van der Waals surface area contributed by atoms with Gasteiger partial charge in [-0.25, -0.2) is 0 Å². The Balaban J connectivity index is 1.45. The van der Waals surface area contributed by atoms with Crippen LogP contribution < -0.4 is 15.0 Å². The number of fused-ring (bicyclic) bond motifs is 1. The molecule has 37 heavy (non-hydrogen) atoms. The van der Waals surface area contributed by atoms with Gasteiger partial charge in [-0.3, -0.25) is 10.1 Å². The van der Waals surface area contributed by atoms with Crippen molar-refractivity contribution in [3.63, 3.8) is 0 Å². The molecule has 0 radical (unpaired) electrons. The molecule has 0 unspecified atom stereocenters. The van der Waals surface area contributed by atoms with Crippen LogP contribution in [0.15, 0.2) is 109 Å². The number of hydrogen-bond donors (Lipinski definition) is 2. The number of likely N-dealkylation sites (N-methyl/N-ethyl adjacent to an activating group) is 1. The third-order valence-electron chi connectivity index (χ3n) is 7.63. The predicted molar refractivity (Wildman–Crippen MR) is 145 cm³/mol. The van der Waals surface area contributed by atoms with Crippen LogP contribution in [0.25, 0.3) is 0 Å². The molecule has 1 atom stereocenters. The van der Waals surface area contributed by atoms with E-state index in [2.05, 4.69) is 41.7 Å². The Labute approximate surface area is 217 Å². The molecule has 0 saturated heterocycles. The number of carbonyl (C=O) groups excluding carboxylic acids is 1. The molecule has 5 nitrogen and oxygen atoms in total. The highest BCUT2D eigenvalue weighted by molar-refractivity contribution is 5.99. The van der Waals surface area contributed by atoms with Gasteiger partial charge in [-0.1, -0.05) is 97.1 Å². The fourth-order valence-electron chi connectivity index (χ4n) is 5.38. The van der Waals surface area contributed by atoms with Crippen LogP contribution >= 0.6 is 0 Å². The van der Waals surface area contributed by atoms with Gasteiger partial charge in [0.15, 0.2) is 0 Å². The molecule has 186 valence electrons. The lowest BCUT2D eigenvalue weighted by atomic mass is 9.76. The van der Waals surface area contributed by atoms with Gasteiger partial charge in [-0.15, -0.1) is 0 Å². The number of carbonyl (C=O) groups is 1. The van der Waals surface area contributed by atoms with Crippen molar-refractivity contribution in [2.45, 2.75) is 30.0 Å². The first-order valence-corrected chi connectivity index (χ1v) is 12.7. The Kier molecular flexibility index (Phi) is 5.82. The minimum atomic E-state index is -0.792. The number of benzene rings is 4. The fraction of sp³-hybridized carbons (Fsp3) is 0.219. The van der Waals surface area contributed by atoms with Crippen molar-refractivity contribution < 1.29 is 14.6 Å². The van der Waals surface area contributed by atoms with Crippen molar-refractivity contribution in [1.29, 1.82) is 0 Å². The van der Waals surface area contributed by atoms with Gasteiger partial charge in [0.25, 0.3) is 0 Å². The zero-order valence-corrected chi connectivity index (χ0v) is 20.8. The van der Waals surface area contributed by atoms with E-state index >= 15 is 0 Å². The first kappa shape index (κ1) is 23.5. The summed E-state index contributed by atoms with van der Waals surface area (Å²) in [6.45, 7) is 0.159. The van der Waals surface area contributed by atoms with Gasteiger partial charge in [-0.05, 0) is 47.2 Å². The van der Waals surface area contributed by atoms with Crippen molar-refractivity contribution in [3.05, 3.63) is 131 Å². The van der Waals surface area contributed by atoms with E-state index in [-0.39, 0.29) is 12.5 Å². The predicted octanol–water partition coefficient (Wildman–Crippen LogP) is 4.97. The number of rotatable bonds is 6. The Morgan fingerprint density at radius 2 is 1.35 bits per heavy atom. The zero-order chi connectivity index (χ0) is 25.5. The Hall–Kier alpha value is -3.93. The summed E-state index contributed by atoms with van der Waals surface area (Å²) < 4.78 is 6.28. The third kappa shape index (κ3) is 4.10. The van der Waals surface area contributed by atoms with E-state index in [1.807, 2.05) is 72.8 Å². The lowest BCUT2D eigenvalue weighted by Crippen LogP contribution is -2.56. The molecule has 4 aromatic carbocycles. The van der Waals surface area contributed by atoms with Gasteiger partial charge >= 0.3 is 0 Å². The first-order valence-electron chi connectivity index (χ1n) is 12.7. The van der Waals surface area contributed by atoms with Crippen molar-refractivity contribution in [3.8, 4) is 5.75 Å². The highest BCUT2D eigenvalue weighted by Crippen LogP contribution is 2.47. The van der Waals surface area contributed by atoms with E-state index in [0.717, 1.165) is 35.1 Å². The van der Waals surface area contributed by atoms with Crippen LogP contribution in [-0.2, 0) is 15.9 Å². The van der Waals surface area contributed by atoms with Crippen LogP contribution in [0.4, 0.5) is 5.69 Å². The summed E-state index contributed by atoms with van der Waals surface area (Å²) in [6.07, 6.45) is 1.50. The lowest BCUT2D eigenvalue weighted by molar-refractivity contribution is -0.121. The SMILES string of the molecule is CN1C(=O)[C@@H](NC(c2ccccc2)(c2ccccc2)c2ccccc2)COc2cc(C3(O)CC3)ccc21. The second kappa shape index (κ2) is 9.18. The van der Waals surface area contributed by atoms with Crippen LogP contribution in [0.5, 0.6) is 5.75 Å². The average Bonchev–Trinajstić information content (AvgIpc) is 3.73. The number of nitrogens with one attached hydrogen (secondary N) is 1. The molecule has 1 aliphatic carbocycles. The molecule has 5 heteroatoms. The molecule has 1 aliphatic heterocycles. The Bertz CT molecular complexity index is 1310. The topological polar surface area (TPSA) is 61.8 Å². The monoisotopic (exact) mass is 490 g/mol. The molecule has 1 saturated carbocycles. The van der Waals surface area contributed by atoms with Crippen LogP contribution in [0.1, 0.15) is 35.1 Å². The van der Waals surface area contributed by atoms with E-state index < -0.39 is 17.2 Å². The van der Waals surface area contributed by atoms with Gasteiger partial charge in [0.05, 0.1) is 16.8 Å². The average molecular weight is 491 g/mol. The van der Waals surface area contributed by atoms with Crippen LogP contribution in [0, 0.1) is 0 Å². The second-order valence-corrected chi connectivity index (χ2v) is 9.97. The summed E-state index contributed by atoms with van der Waals surface area (Å²) in [7, 11) is 1.78. The quantitative estimate of drug-likeness (QED) is 0.375. The van der Waals surface area contributed by atoms with Gasteiger partial charge in [0.2, 0.25) is 5.91 Å². The van der Waals surface area contributed by atoms with Crippen LogP contribution in [-0.4, -0.2) is 30.7 Å². The molecular formula is C32H30N2O3. The molecule has 2 N–H and O–H groups in total. The maximum Gasteiger partial charge on any atom is 0.247 e. The number of nitrogens with zero attached hydrogens (tertiary/aromatic N) is 1. The largest absolute Gasteiger partial charge is 0.489 e. The van der Waals surface area contributed by atoms with Crippen molar-refractivity contribution in [2.75, 3.05) is 18.6 Å². The van der Waals surface area contributed by atoms with Crippen molar-refractivity contribution >= 4 is 11.6 Å². The summed E-state index contributed by atoms with van der Waals surface area (Å²) in [5, 5.41) is 14.4. The summed E-state index contributed by atoms with van der Waals surface area (Å²) in [5.41, 5.74) is 3.07. The van der Waals surface area contributed by atoms with E-state index in [9.17, 15) is 9.90 Å². The smallest absolute Gasteiger partial charge is 0.247 e. The maximum atomic E-state index is 13.9. The second-order valence-electron chi connectivity index (χ2n) is 9.97. The van der Waals surface area contributed by atoms with Crippen molar-refractivity contribution in [2.24, 2.45) is 0 Å². The number of ether oxygens (including phenoxy) is 1. The van der Waals surface area contributed by atoms with Crippen molar-refractivity contribution in [1.82, 2.24) is 5.32 Å². The van der Waals surface area contributed by atoms with Gasteiger partial charge < -0.3 is 14.7 Å². The molecule has 2 aliphatic rings. The third-order valence-corrected chi connectivity index (χ3v) is 7.63. The Morgan fingerprint density at radius 3 is 1.84 bits per heavy atom. The Morgan fingerprint density at radius 1 is 0.838 bits per heavy atom. The molecule has 1 fully saturated rings. The zero-order valence-electron chi connectivity index (χ0n) is 20.8. The summed E-state index contributed by atoms with van der Waals surface area (Å²) >= 11 is 0. The highest BCUT2D eigenvalue weighted by atomic mass is 16.5. The standard InChI is InChI=1S/C32H30N2O3/c1-34-28-18-17-26(31(36)19-20-31)21-29(28)37-22-27(30(34)35)33-32(23-11-5-2-6-12-23,24-13-7-3-8-14-24)25-15-9-4-10-16-25/h2-18,21,27,33,36H,19-20,22H2,1H3/t27-/m0/s1. The van der Waals surface area contributed by atoms with Gasteiger partial charge in [0.1, 0.15) is 18.4 Å². The molecule has 1 amide bonds. The summed E-state index contributed by atoms with van der Waals surface area (Å²) in [6, 6.07) is 35.7. The minimum absolute atomic E-state index is 0.0798. The number of hydrogen-bond acceptors (Lipinski definition) is 4. The number of anilines is 1. The van der Waals surface area contributed by atoms with Gasteiger partial charge in [-0.2, -0.15) is 0 Å². The summed E-state index contributed by atoms with van der Waals surface area (Å²) in [4.78, 5) is 15.6. The maximum absolute atomic E-state index is 13.9. The lowest BCUT2D eigenvalue weighted by Gasteiger charge is -2.39. The molecular weight excluding hydrogens is 460 g/mol. The fourth-order valence-corrected chi connectivity index (χ4v) is 5.38. The molecule has 6 rings (SSSR count). The molecule has 0 bridgehead atoms. The molecule has 1 heterocycles. The van der Waals surface area contributed by atoms with E-state index in [1.165, 1.54) is 0 Å². The van der Waals surface area contributed by atoms with Crippen LogP contribution in [0.3, 0.4) is 0 Å². The molecule has 0 aromatic heterocycles. The summed E-state index contributed by atoms with van der Waals surface area (Å²) in [5.74, 6) is 0.534. The number of aliphatic hydroxyl groups is 1. The molecule has 4 aromatic rings. The molecule has 0 spiro atoms. The van der Waals surface area contributed by atoms with E-state index in [1.54, 1.807) is 11.9 Å². The highest BCUT2D eigenvalue weighted by Gasteiger charge is 2.44. The minimum Gasteiger partial charge on any atom is -0.489 e. The van der Waals surface area contributed by atoms with E-state index in [4.69, 9.17) is 4.74 Å². The first-order chi connectivity index (χ1) is 18.0. The van der Waals surface area contributed by atoms with Gasteiger partial charge in [0, 0.05) is 7.05 Å².